The number of likely N-dealkylation sites (N-methyl/N-ethyl adjacent to an activating group) is 1. The van der Waals surface area contributed by atoms with Crippen molar-refractivity contribution >= 4 is 16.1 Å². The lowest BCUT2D eigenvalue weighted by Gasteiger charge is -2.36. The van der Waals surface area contributed by atoms with Gasteiger partial charge in [-0.2, -0.15) is 8.42 Å². The molecule has 1 aliphatic heterocycles. The number of nitrogens with one attached hydrogen (secondary N) is 1. The van der Waals surface area contributed by atoms with E-state index in [0.717, 1.165) is 42.9 Å². The molecule has 0 aliphatic carbocycles. The minimum Gasteiger partial charge on any atom is -0.370 e. The summed E-state index contributed by atoms with van der Waals surface area (Å²) in [5, 5.41) is 6.64. The molecule has 1 aromatic rings. The highest BCUT2D eigenvalue weighted by Gasteiger charge is 2.24. The number of aliphatic imine (C=N–C) groups is 1. The zero-order valence-corrected chi connectivity index (χ0v) is 14.3. The average molecular weight is 342 g/mol. The van der Waals surface area contributed by atoms with Crippen LogP contribution in [0.2, 0.25) is 0 Å². The van der Waals surface area contributed by atoms with Gasteiger partial charge in [-0.1, -0.05) is 17.7 Å². The Hall–Kier alpha value is -1.57. The lowest BCUT2D eigenvalue weighted by Crippen LogP contribution is -2.53. The quantitative estimate of drug-likeness (QED) is 0.491. The van der Waals surface area contributed by atoms with Crippen molar-refractivity contribution < 1.29 is 22.2 Å². The van der Waals surface area contributed by atoms with E-state index in [1.165, 1.54) is 12.1 Å². The first-order valence-electron chi connectivity index (χ1n) is 7.30. The number of nitrogens with zero attached hydrogens (tertiary/aromatic N) is 2. The minimum atomic E-state index is -4.02. The van der Waals surface area contributed by atoms with Crippen LogP contribution in [-0.2, 0) is 14.9 Å². The highest BCUT2D eigenvalue weighted by atomic mass is 32.2. The Labute approximate surface area is 137 Å². The van der Waals surface area contributed by atoms with Gasteiger partial charge < -0.3 is 9.22 Å². The summed E-state index contributed by atoms with van der Waals surface area (Å²) in [5.41, 5.74) is 0.956. The van der Waals surface area contributed by atoms with Crippen molar-refractivity contribution in [3.05, 3.63) is 29.8 Å². The summed E-state index contributed by atoms with van der Waals surface area (Å²) in [7, 11) is -1.81. The smallest absolute Gasteiger partial charge is 0.294 e. The molecular formula is C15H24N3O4S+. The van der Waals surface area contributed by atoms with Crippen LogP contribution in [0.15, 0.2) is 34.2 Å². The Bertz CT molecular complexity index is 631. The predicted octanol–water partition coefficient (Wildman–Crippen LogP) is 1.46. The molecule has 2 rings (SSSR count). The second-order valence-electron chi connectivity index (χ2n) is 5.68. The van der Waals surface area contributed by atoms with Gasteiger partial charge in [0.2, 0.25) is 0 Å². The van der Waals surface area contributed by atoms with Crippen LogP contribution in [-0.4, -0.2) is 69.9 Å². The van der Waals surface area contributed by atoms with Crippen molar-refractivity contribution in [3.8, 4) is 0 Å². The van der Waals surface area contributed by atoms with E-state index >= 15 is 0 Å². The van der Waals surface area contributed by atoms with Crippen LogP contribution >= 0.6 is 0 Å². The van der Waals surface area contributed by atoms with Gasteiger partial charge in [0.15, 0.2) is 0 Å². The fraction of sp³-hybridized carbons (Fsp3) is 0.533. The molecule has 0 aromatic heterocycles. The van der Waals surface area contributed by atoms with Gasteiger partial charge in [-0.15, -0.1) is 0 Å². The number of ether oxygens (including phenoxy) is 1. The van der Waals surface area contributed by atoms with E-state index in [9.17, 15) is 8.42 Å². The first-order valence-corrected chi connectivity index (χ1v) is 8.74. The maximum Gasteiger partial charge on any atom is 0.294 e. The molecule has 1 fully saturated rings. The Morgan fingerprint density at radius 1 is 1.30 bits per heavy atom. The molecule has 0 unspecified atom stereocenters. The zero-order valence-electron chi connectivity index (χ0n) is 13.5. The van der Waals surface area contributed by atoms with Crippen LogP contribution in [0.3, 0.4) is 0 Å². The van der Waals surface area contributed by atoms with E-state index in [2.05, 4.69) is 18.0 Å². The SMILES string of the molecule is C[N+]1(CCN=C=N)CCOCC1.Cc1ccc(S(=O)(=O)O)cc1. The fourth-order valence-electron chi connectivity index (χ4n) is 2.06. The molecule has 0 radical (unpaired) electrons. The Balaban J connectivity index is 0.000000231. The lowest BCUT2D eigenvalue weighted by molar-refractivity contribution is -0.915. The molecule has 1 aliphatic rings. The minimum absolute atomic E-state index is 0.0666. The van der Waals surface area contributed by atoms with E-state index < -0.39 is 10.1 Å². The highest BCUT2D eigenvalue weighted by Crippen LogP contribution is 2.08. The van der Waals surface area contributed by atoms with E-state index in [-0.39, 0.29) is 4.90 Å². The van der Waals surface area contributed by atoms with Gasteiger partial charge in [-0.05, 0) is 19.1 Å². The number of morpholine rings is 1. The van der Waals surface area contributed by atoms with Gasteiger partial charge in [0.1, 0.15) is 13.1 Å². The average Bonchev–Trinajstić information content (AvgIpc) is 2.48. The third-order valence-electron chi connectivity index (χ3n) is 3.70. The summed E-state index contributed by atoms with van der Waals surface area (Å²) < 4.78 is 35.8. The van der Waals surface area contributed by atoms with Crippen LogP contribution in [0.4, 0.5) is 0 Å². The van der Waals surface area contributed by atoms with Crippen molar-refractivity contribution in [2.75, 3.05) is 46.4 Å². The van der Waals surface area contributed by atoms with Gasteiger partial charge in [-0.3, -0.25) is 4.55 Å². The van der Waals surface area contributed by atoms with Gasteiger partial charge in [0.25, 0.3) is 10.1 Å². The van der Waals surface area contributed by atoms with E-state index in [4.69, 9.17) is 14.7 Å². The maximum atomic E-state index is 10.5. The number of quaternary nitrogens is 1. The van der Waals surface area contributed by atoms with Crippen molar-refractivity contribution in [2.45, 2.75) is 11.8 Å². The third-order valence-corrected chi connectivity index (χ3v) is 4.57. The van der Waals surface area contributed by atoms with Gasteiger partial charge in [0.05, 0.1) is 44.3 Å². The molecule has 1 aromatic carbocycles. The molecule has 1 saturated heterocycles. The van der Waals surface area contributed by atoms with Crippen molar-refractivity contribution in [1.29, 1.82) is 5.41 Å². The van der Waals surface area contributed by atoms with Gasteiger partial charge in [0, 0.05) is 0 Å². The number of rotatable bonds is 4. The molecule has 0 atom stereocenters. The summed E-state index contributed by atoms with van der Waals surface area (Å²) >= 11 is 0. The van der Waals surface area contributed by atoms with Crippen molar-refractivity contribution in [2.24, 2.45) is 4.99 Å². The monoisotopic (exact) mass is 342 g/mol. The van der Waals surface area contributed by atoms with Crippen molar-refractivity contribution in [1.82, 2.24) is 0 Å². The molecule has 0 amide bonds. The summed E-state index contributed by atoms with van der Waals surface area (Å²) in [6, 6.07) is 8.05. The first kappa shape index (κ1) is 19.5. The van der Waals surface area contributed by atoms with Crippen LogP contribution in [0, 0.1) is 12.3 Å². The molecule has 0 saturated carbocycles. The summed E-state index contributed by atoms with van der Waals surface area (Å²) in [4.78, 5) is 3.70. The second kappa shape index (κ2) is 8.90. The van der Waals surface area contributed by atoms with Gasteiger partial charge >= 0.3 is 0 Å². The molecule has 7 nitrogen and oxygen atoms in total. The summed E-state index contributed by atoms with van der Waals surface area (Å²) in [6.45, 7) is 7.37. The van der Waals surface area contributed by atoms with Crippen LogP contribution in [0.25, 0.3) is 0 Å². The van der Waals surface area contributed by atoms with Gasteiger partial charge in [-0.25, -0.2) is 10.4 Å². The molecule has 0 bridgehead atoms. The fourth-order valence-corrected chi connectivity index (χ4v) is 2.54. The molecule has 23 heavy (non-hydrogen) atoms. The molecular weight excluding hydrogens is 318 g/mol. The highest BCUT2D eigenvalue weighted by molar-refractivity contribution is 7.85. The van der Waals surface area contributed by atoms with E-state index in [1.54, 1.807) is 12.1 Å². The standard InChI is InChI=1S/C8H16N3O.C7H8O3S/c1-11(3-2-10-8-9)4-6-12-7-5-11;1-6-2-4-7(5-3-6)11(8,9)10/h9H,2-7H2,1H3;2-5H,1H3,(H,8,9,10)/q+1;. The Morgan fingerprint density at radius 2 is 1.87 bits per heavy atom. The third kappa shape index (κ3) is 7.49. The van der Waals surface area contributed by atoms with Crippen LogP contribution < -0.4 is 0 Å². The second-order valence-corrected chi connectivity index (χ2v) is 7.11. The predicted molar refractivity (Wildman–Crippen MR) is 87.6 cm³/mol. The topological polar surface area (TPSA) is 99.8 Å². The maximum absolute atomic E-state index is 10.5. The molecule has 8 heteroatoms. The summed E-state index contributed by atoms with van der Waals surface area (Å²) in [6.07, 6.45) is 0. The number of aryl methyl sites for hydroxylation is 1. The molecule has 2 N–H and O–H groups in total. The first-order chi connectivity index (χ1) is 10.8. The summed E-state index contributed by atoms with van der Waals surface area (Å²) in [5.74, 6) is 0. The largest absolute Gasteiger partial charge is 0.370 e. The number of hydrogen-bond donors (Lipinski definition) is 2. The Kier molecular flexibility index (Phi) is 7.54. The lowest BCUT2D eigenvalue weighted by atomic mass is 10.2. The molecule has 1 heterocycles. The van der Waals surface area contributed by atoms with E-state index in [0.29, 0.717) is 6.54 Å². The van der Waals surface area contributed by atoms with Crippen LogP contribution in [0.5, 0.6) is 0 Å². The molecule has 128 valence electrons. The van der Waals surface area contributed by atoms with Crippen molar-refractivity contribution in [3.63, 3.8) is 0 Å². The number of hydrogen-bond acceptors (Lipinski definition) is 5. The van der Waals surface area contributed by atoms with E-state index in [1.807, 2.05) is 6.92 Å². The Morgan fingerprint density at radius 3 is 2.35 bits per heavy atom. The zero-order chi connectivity index (χ0) is 17.3. The van der Waals surface area contributed by atoms with Crippen LogP contribution in [0.1, 0.15) is 5.56 Å². The number of benzene rings is 1. The normalized spacial score (nSPS) is 16.7. The molecule has 0 spiro atoms.